The van der Waals surface area contributed by atoms with Gasteiger partial charge in [-0.15, -0.1) is 0 Å². The Morgan fingerprint density at radius 3 is 2.85 bits per heavy atom. The minimum absolute atomic E-state index is 0.297. The Labute approximate surface area is 121 Å². The van der Waals surface area contributed by atoms with E-state index in [1.807, 2.05) is 18.2 Å². The Morgan fingerprint density at radius 2 is 2.05 bits per heavy atom. The van der Waals surface area contributed by atoms with Crippen LogP contribution in [0.2, 0.25) is 0 Å². The Balaban J connectivity index is 1.90. The maximum Gasteiger partial charge on any atom is 0.165 e. The molecule has 20 heavy (non-hydrogen) atoms. The Kier molecular flexibility index (Phi) is 5.68. The van der Waals surface area contributed by atoms with Gasteiger partial charge in [0.2, 0.25) is 0 Å². The summed E-state index contributed by atoms with van der Waals surface area (Å²) in [7, 11) is 0. The number of benzene rings is 1. The van der Waals surface area contributed by atoms with Crippen LogP contribution in [0.15, 0.2) is 18.2 Å². The molecule has 1 unspecified atom stereocenters. The van der Waals surface area contributed by atoms with Crippen LogP contribution in [0.4, 0.5) is 0 Å². The number of aliphatic hydroxyl groups excluding tert-OH is 1. The summed E-state index contributed by atoms with van der Waals surface area (Å²) < 4.78 is 11.4. The summed E-state index contributed by atoms with van der Waals surface area (Å²) in [4.78, 5) is 0. The van der Waals surface area contributed by atoms with Gasteiger partial charge in [0.1, 0.15) is 0 Å². The fourth-order valence-electron chi connectivity index (χ4n) is 2.39. The molecule has 4 heteroatoms. The van der Waals surface area contributed by atoms with Gasteiger partial charge in [-0.05, 0) is 18.4 Å². The first-order chi connectivity index (χ1) is 9.66. The van der Waals surface area contributed by atoms with E-state index >= 15 is 0 Å². The largest absolute Gasteiger partial charge is 0.490 e. The van der Waals surface area contributed by atoms with Crippen LogP contribution in [0.1, 0.15) is 32.3 Å². The third kappa shape index (κ3) is 4.39. The molecule has 2 rings (SSSR count). The van der Waals surface area contributed by atoms with Crippen LogP contribution in [0, 0.1) is 5.92 Å². The van der Waals surface area contributed by atoms with E-state index in [9.17, 15) is 5.11 Å². The summed E-state index contributed by atoms with van der Waals surface area (Å²) in [5.74, 6) is 2.18. The summed E-state index contributed by atoms with van der Waals surface area (Å²) >= 11 is 0. The van der Waals surface area contributed by atoms with Crippen LogP contribution in [-0.2, 0) is 6.54 Å². The third-order valence-electron chi connectivity index (χ3n) is 3.29. The zero-order valence-corrected chi connectivity index (χ0v) is 12.4. The van der Waals surface area contributed by atoms with E-state index in [0.717, 1.165) is 29.9 Å². The number of hydrogen-bond donors (Lipinski definition) is 2. The highest BCUT2D eigenvalue weighted by Gasteiger charge is 2.14. The predicted octanol–water partition coefficient (Wildman–Crippen LogP) is 2.34. The number of hydrogen-bond acceptors (Lipinski definition) is 4. The van der Waals surface area contributed by atoms with Gasteiger partial charge in [-0.2, -0.15) is 0 Å². The molecular formula is C16H25NO3. The molecule has 1 aromatic carbocycles. The number of aliphatic hydroxyl groups is 1. The fourth-order valence-corrected chi connectivity index (χ4v) is 2.39. The number of fused-ring (bicyclic) bond motifs is 1. The summed E-state index contributed by atoms with van der Waals surface area (Å²) in [5.41, 5.74) is 1.08. The van der Waals surface area contributed by atoms with Crippen LogP contribution in [0.3, 0.4) is 0 Å². The molecule has 0 amide bonds. The average Bonchev–Trinajstić information content (AvgIpc) is 2.63. The zero-order chi connectivity index (χ0) is 14.4. The molecule has 112 valence electrons. The molecule has 4 nitrogen and oxygen atoms in total. The van der Waals surface area contributed by atoms with E-state index < -0.39 is 0 Å². The molecule has 0 aliphatic carbocycles. The molecule has 0 bridgehead atoms. The highest BCUT2D eigenvalue weighted by atomic mass is 16.5. The van der Waals surface area contributed by atoms with Crippen LogP contribution < -0.4 is 14.8 Å². The first-order valence-corrected chi connectivity index (χ1v) is 7.43. The minimum atomic E-state index is -0.297. The molecule has 0 aromatic heterocycles. The van der Waals surface area contributed by atoms with Crippen LogP contribution in [-0.4, -0.2) is 31.0 Å². The summed E-state index contributed by atoms with van der Waals surface area (Å²) in [5, 5.41) is 13.2. The quantitative estimate of drug-likeness (QED) is 0.839. The van der Waals surface area contributed by atoms with E-state index in [2.05, 4.69) is 19.2 Å². The van der Waals surface area contributed by atoms with Crippen molar-refractivity contribution < 1.29 is 14.6 Å². The monoisotopic (exact) mass is 279 g/mol. The van der Waals surface area contributed by atoms with Gasteiger partial charge in [-0.3, -0.25) is 0 Å². The standard InChI is InChI=1S/C16H25NO3/c1-12(2)9-14(18)11-17-10-13-5-3-6-15-16(13)20-8-4-7-19-15/h3,5-6,12,14,17-18H,4,7-11H2,1-2H3. The first-order valence-electron chi connectivity index (χ1n) is 7.43. The van der Waals surface area contributed by atoms with Gasteiger partial charge in [0, 0.05) is 25.1 Å². The Bertz CT molecular complexity index is 420. The second-order valence-electron chi connectivity index (χ2n) is 5.71. The van der Waals surface area contributed by atoms with Crippen molar-refractivity contribution in [1.82, 2.24) is 5.32 Å². The molecule has 2 N–H and O–H groups in total. The summed E-state index contributed by atoms with van der Waals surface area (Å²) in [6, 6.07) is 5.96. The number of ether oxygens (including phenoxy) is 2. The lowest BCUT2D eigenvalue weighted by molar-refractivity contribution is 0.146. The van der Waals surface area contributed by atoms with Gasteiger partial charge in [0.25, 0.3) is 0 Å². The molecule has 0 saturated carbocycles. The van der Waals surface area contributed by atoms with Gasteiger partial charge in [-0.25, -0.2) is 0 Å². The van der Waals surface area contributed by atoms with Crippen molar-refractivity contribution in [3.63, 3.8) is 0 Å². The lowest BCUT2D eigenvalue weighted by Gasteiger charge is -2.16. The van der Waals surface area contributed by atoms with Crippen molar-refractivity contribution >= 4 is 0 Å². The topological polar surface area (TPSA) is 50.7 Å². The first kappa shape index (κ1) is 15.1. The van der Waals surface area contributed by atoms with E-state index in [-0.39, 0.29) is 6.10 Å². The lowest BCUT2D eigenvalue weighted by Crippen LogP contribution is -2.27. The maximum atomic E-state index is 9.86. The van der Waals surface area contributed by atoms with E-state index in [1.54, 1.807) is 0 Å². The zero-order valence-electron chi connectivity index (χ0n) is 12.4. The van der Waals surface area contributed by atoms with Crippen molar-refractivity contribution in [2.75, 3.05) is 19.8 Å². The summed E-state index contributed by atoms with van der Waals surface area (Å²) in [6.07, 6.45) is 1.43. The van der Waals surface area contributed by atoms with E-state index in [4.69, 9.17) is 9.47 Å². The van der Waals surface area contributed by atoms with Crippen LogP contribution in [0.5, 0.6) is 11.5 Å². The van der Waals surface area contributed by atoms with Gasteiger partial charge in [0.15, 0.2) is 11.5 Å². The molecule has 1 aliphatic heterocycles. The van der Waals surface area contributed by atoms with Gasteiger partial charge in [-0.1, -0.05) is 26.0 Å². The van der Waals surface area contributed by atoms with Crippen molar-refractivity contribution in [2.45, 2.75) is 39.3 Å². The van der Waals surface area contributed by atoms with E-state index in [0.29, 0.717) is 32.2 Å². The molecule has 1 aromatic rings. The third-order valence-corrected chi connectivity index (χ3v) is 3.29. The lowest BCUT2D eigenvalue weighted by atomic mass is 10.1. The average molecular weight is 279 g/mol. The SMILES string of the molecule is CC(C)CC(O)CNCc1cccc2c1OCCCO2. The smallest absolute Gasteiger partial charge is 0.165 e. The fraction of sp³-hybridized carbons (Fsp3) is 0.625. The normalized spacial score (nSPS) is 16.0. The maximum absolute atomic E-state index is 9.86. The minimum Gasteiger partial charge on any atom is -0.490 e. The molecule has 1 heterocycles. The Morgan fingerprint density at radius 1 is 1.25 bits per heavy atom. The van der Waals surface area contributed by atoms with E-state index in [1.165, 1.54) is 0 Å². The summed E-state index contributed by atoms with van der Waals surface area (Å²) in [6.45, 7) is 6.91. The van der Waals surface area contributed by atoms with Gasteiger partial charge < -0.3 is 19.9 Å². The number of rotatable bonds is 6. The molecule has 0 spiro atoms. The second-order valence-corrected chi connectivity index (χ2v) is 5.71. The van der Waals surface area contributed by atoms with Crippen molar-refractivity contribution in [1.29, 1.82) is 0 Å². The molecule has 1 atom stereocenters. The molecular weight excluding hydrogens is 254 g/mol. The highest BCUT2D eigenvalue weighted by Crippen LogP contribution is 2.33. The Hall–Kier alpha value is -1.26. The van der Waals surface area contributed by atoms with Crippen molar-refractivity contribution in [3.8, 4) is 11.5 Å². The van der Waals surface area contributed by atoms with Crippen molar-refractivity contribution in [3.05, 3.63) is 23.8 Å². The van der Waals surface area contributed by atoms with Crippen molar-refractivity contribution in [2.24, 2.45) is 5.92 Å². The molecule has 0 saturated heterocycles. The second kappa shape index (κ2) is 7.50. The number of para-hydroxylation sites is 1. The van der Waals surface area contributed by atoms with Crippen LogP contribution in [0.25, 0.3) is 0 Å². The molecule has 0 radical (unpaired) electrons. The highest BCUT2D eigenvalue weighted by molar-refractivity contribution is 5.47. The van der Waals surface area contributed by atoms with Crippen LogP contribution >= 0.6 is 0 Å². The van der Waals surface area contributed by atoms with Gasteiger partial charge >= 0.3 is 0 Å². The predicted molar refractivity (Wildman–Crippen MR) is 79.2 cm³/mol. The molecule has 0 fully saturated rings. The van der Waals surface area contributed by atoms with Gasteiger partial charge in [0.05, 0.1) is 19.3 Å². The number of nitrogens with one attached hydrogen (secondary N) is 1. The molecule has 1 aliphatic rings.